The van der Waals surface area contributed by atoms with Crippen LogP contribution < -0.4 is 5.32 Å². The second-order valence-corrected chi connectivity index (χ2v) is 8.83. The van der Waals surface area contributed by atoms with Crippen molar-refractivity contribution < 1.29 is 4.74 Å². The molecular formula is C23H29N3OS. The van der Waals surface area contributed by atoms with Gasteiger partial charge in [-0.3, -0.25) is 0 Å². The Kier molecular flexibility index (Phi) is 6.23. The molecule has 0 fully saturated rings. The molecule has 0 aliphatic heterocycles. The maximum absolute atomic E-state index is 5.67. The van der Waals surface area contributed by atoms with Crippen molar-refractivity contribution in [2.24, 2.45) is 0 Å². The number of aryl methyl sites for hydroxylation is 2. The van der Waals surface area contributed by atoms with Gasteiger partial charge in [-0.25, -0.2) is 9.97 Å². The van der Waals surface area contributed by atoms with Crippen LogP contribution in [0.25, 0.3) is 10.2 Å². The van der Waals surface area contributed by atoms with Crippen LogP contribution in [-0.2, 0) is 24.0 Å². The van der Waals surface area contributed by atoms with Crippen LogP contribution in [0, 0.1) is 0 Å². The molecule has 0 spiro atoms. The number of rotatable bonds is 8. The summed E-state index contributed by atoms with van der Waals surface area (Å²) in [6.45, 7) is 5.80. The summed E-state index contributed by atoms with van der Waals surface area (Å²) in [5.41, 5.74) is 2.73. The second-order valence-electron chi connectivity index (χ2n) is 7.74. The molecule has 2 aromatic heterocycles. The van der Waals surface area contributed by atoms with Crippen LogP contribution in [0.1, 0.15) is 54.9 Å². The van der Waals surface area contributed by atoms with Gasteiger partial charge in [0.15, 0.2) is 0 Å². The highest BCUT2D eigenvalue weighted by atomic mass is 32.1. The highest BCUT2D eigenvalue weighted by Gasteiger charge is 2.21. The molecule has 1 aliphatic carbocycles. The van der Waals surface area contributed by atoms with Gasteiger partial charge in [-0.1, -0.05) is 30.3 Å². The summed E-state index contributed by atoms with van der Waals surface area (Å²) in [5.74, 6) is 1.91. The van der Waals surface area contributed by atoms with Gasteiger partial charge in [-0.2, -0.15) is 0 Å². The number of ether oxygens (including phenoxy) is 1. The van der Waals surface area contributed by atoms with E-state index in [1.54, 1.807) is 0 Å². The number of benzene rings is 1. The molecule has 4 nitrogen and oxygen atoms in total. The predicted octanol–water partition coefficient (Wildman–Crippen LogP) is 5.39. The first kappa shape index (κ1) is 19.3. The molecule has 0 atom stereocenters. The fraction of sp³-hybridized carbons (Fsp3) is 0.478. The maximum Gasteiger partial charge on any atom is 0.138 e. The predicted molar refractivity (Wildman–Crippen MR) is 117 cm³/mol. The monoisotopic (exact) mass is 395 g/mol. The van der Waals surface area contributed by atoms with E-state index in [0.717, 1.165) is 48.9 Å². The van der Waals surface area contributed by atoms with Crippen molar-refractivity contribution in [2.45, 2.75) is 58.5 Å². The lowest BCUT2D eigenvalue weighted by Crippen LogP contribution is -2.11. The number of nitrogens with zero attached hydrogens (tertiary/aromatic N) is 2. The first-order valence-corrected chi connectivity index (χ1v) is 11.2. The number of thiophene rings is 1. The normalized spacial score (nSPS) is 13.8. The number of nitrogens with one attached hydrogen (secondary N) is 1. The van der Waals surface area contributed by atoms with E-state index in [0.29, 0.717) is 0 Å². The number of fused-ring (bicyclic) bond motifs is 3. The van der Waals surface area contributed by atoms with E-state index in [2.05, 4.69) is 43.4 Å². The molecule has 0 amide bonds. The molecule has 1 N–H and O–H groups in total. The van der Waals surface area contributed by atoms with Gasteiger partial charge in [0.1, 0.15) is 16.5 Å². The molecule has 2 heterocycles. The molecule has 3 aromatic rings. The number of hydrogen-bond donors (Lipinski definition) is 1. The van der Waals surface area contributed by atoms with E-state index < -0.39 is 0 Å². The van der Waals surface area contributed by atoms with Crippen molar-refractivity contribution in [3.05, 3.63) is 52.2 Å². The minimum Gasteiger partial charge on any atom is -0.379 e. The van der Waals surface area contributed by atoms with E-state index in [9.17, 15) is 0 Å². The van der Waals surface area contributed by atoms with Crippen molar-refractivity contribution >= 4 is 27.4 Å². The average molecular weight is 396 g/mol. The van der Waals surface area contributed by atoms with Gasteiger partial charge in [-0.05, 0) is 57.1 Å². The zero-order valence-electron chi connectivity index (χ0n) is 16.8. The zero-order valence-corrected chi connectivity index (χ0v) is 17.6. The fourth-order valence-corrected chi connectivity index (χ4v) is 5.07. The molecule has 28 heavy (non-hydrogen) atoms. The highest BCUT2D eigenvalue weighted by molar-refractivity contribution is 7.19. The van der Waals surface area contributed by atoms with Gasteiger partial charge >= 0.3 is 0 Å². The van der Waals surface area contributed by atoms with E-state index >= 15 is 0 Å². The molecule has 0 unspecified atom stereocenters. The lowest BCUT2D eigenvalue weighted by Gasteiger charge is -2.14. The van der Waals surface area contributed by atoms with Crippen molar-refractivity contribution in [1.82, 2.24) is 9.97 Å². The molecule has 4 rings (SSSR count). The highest BCUT2D eigenvalue weighted by Crippen LogP contribution is 2.38. The Balaban J connectivity index is 1.60. The molecule has 148 valence electrons. The first-order valence-electron chi connectivity index (χ1n) is 10.4. The fourth-order valence-electron chi connectivity index (χ4n) is 3.79. The van der Waals surface area contributed by atoms with E-state index in [1.165, 1.54) is 40.7 Å². The minimum absolute atomic E-state index is 0.284. The molecule has 0 saturated heterocycles. The summed E-state index contributed by atoms with van der Waals surface area (Å²) in [4.78, 5) is 12.6. The molecule has 5 heteroatoms. The van der Waals surface area contributed by atoms with Gasteiger partial charge < -0.3 is 10.1 Å². The summed E-state index contributed by atoms with van der Waals surface area (Å²) in [7, 11) is 0. The Hall–Kier alpha value is -1.98. The van der Waals surface area contributed by atoms with Crippen LogP contribution in [0.2, 0.25) is 0 Å². The quantitative estimate of drug-likeness (QED) is 0.520. The lowest BCUT2D eigenvalue weighted by atomic mass is 9.97. The summed E-state index contributed by atoms with van der Waals surface area (Å²) in [5, 5.41) is 4.86. The van der Waals surface area contributed by atoms with Crippen molar-refractivity contribution in [1.29, 1.82) is 0 Å². The van der Waals surface area contributed by atoms with Crippen molar-refractivity contribution in [3.63, 3.8) is 0 Å². The zero-order chi connectivity index (χ0) is 19.3. The first-order chi connectivity index (χ1) is 13.7. The molecular weight excluding hydrogens is 366 g/mol. The van der Waals surface area contributed by atoms with Crippen LogP contribution in [0.3, 0.4) is 0 Å². The van der Waals surface area contributed by atoms with E-state index in [1.807, 2.05) is 17.4 Å². The Morgan fingerprint density at radius 3 is 2.75 bits per heavy atom. The number of anilines is 1. The third-order valence-electron chi connectivity index (χ3n) is 5.13. The number of hydrogen-bond acceptors (Lipinski definition) is 5. The van der Waals surface area contributed by atoms with Gasteiger partial charge in [0.05, 0.1) is 11.5 Å². The van der Waals surface area contributed by atoms with Crippen molar-refractivity contribution in [3.8, 4) is 0 Å². The van der Waals surface area contributed by atoms with Crippen LogP contribution in [0.4, 0.5) is 5.82 Å². The van der Waals surface area contributed by atoms with E-state index in [4.69, 9.17) is 14.7 Å². The van der Waals surface area contributed by atoms with Gasteiger partial charge in [0.25, 0.3) is 0 Å². The molecule has 0 radical (unpaired) electrons. The Labute approximate surface area is 171 Å². The largest absolute Gasteiger partial charge is 0.379 e. The molecule has 1 aromatic carbocycles. The molecule has 1 aliphatic rings. The van der Waals surface area contributed by atoms with Gasteiger partial charge in [-0.15, -0.1) is 11.3 Å². The summed E-state index contributed by atoms with van der Waals surface area (Å²) in [6, 6.07) is 10.5. The maximum atomic E-state index is 5.67. The average Bonchev–Trinajstić information content (AvgIpc) is 3.06. The SMILES string of the molecule is CC(C)OCCCNc1nc(Cc2ccccc2)nc2sc3c(c12)CCCC3. The van der Waals surface area contributed by atoms with Crippen molar-refractivity contribution in [2.75, 3.05) is 18.5 Å². The molecule has 0 saturated carbocycles. The lowest BCUT2D eigenvalue weighted by molar-refractivity contribution is 0.0787. The summed E-state index contributed by atoms with van der Waals surface area (Å²) >= 11 is 1.87. The third-order valence-corrected chi connectivity index (χ3v) is 6.32. The van der Waals surface area contributed by atoms with Crippen LogP contribution >= 0.6 is 11.3 Å². The third kappa shape index (κ3) is 4.53. The Morgan fingerprint density at radius 2 is 1.93 bits per heavy atom. The van der Waals surface area contributed by atoms with E-state index in [-0.39, 0.29) is 6.10 Å². The summed E-state index contributed by atoms with van der Waals surface area (Å²) < 4.78 is 5.67. The Morgan fingerprint density at radius 1 is 1.11 bits per heavy atom. The summed E-state index contributed by atoms with van der Waals surface area (Å²) in [6.07, 6.45) is 6.93. The van der Waals surface area contributed by atoms with Crippen LogP contribution in [0.15, 0.2) is 30.3 Å². The topological polar surface area (TPSA) is 47.0 Å². The van der Waals surface area contributed by atoms with Gasteiger partial charge in [0, 0.05) is 24.4 Å². The second kappa shape index (κ2) is 9.01. The van der Waals surface area contributed by atoms with Crippen LogP contribution in [-0.4, -0.2) is 29.2 Å². The number of aromatic nitrogens is 2. The minimum atomic E-state index is 0.284. The molecule has 0 bridgehead atoms. The Bertz CT molecular complexity index is 920. The van der Waals surface area contributed by atoms with Gasteiger partial charge in [0.2, 0.25) is 0 Å². The smallest absolute Gasteiger partial charge is 0.138 e. The standard InChI is InChI=1S/C23H29N3OS/c1-16(2)27-14-8-13-24-22-21-18-11-6-7-12-19(18)28-23(21)26-20(25-22)15-17-9-4-3-5-10-17/h3-5,9-10,16H,6-8,11-15H2,1-2H3,(H,24,25,26). The van der Waals surface area contributed by atoms with Crippen LogP contribution in [0.5, 0.6) is 0 Å².